The van der Waals surface area contributed by atoms with Gasteiger partial charge in [0.25, 0.3) is 5.91 Å². The SMILES string of the molecule is O=C(Nc1cccc(I)c1)c1ccccc1S. The number of benzene rings is 2. The highest BCUT2D eigenvalue weighted by molar-refractivity contribution is 14.1. The van der Waals surface area contributed by atoms with Crippen molar-refractivity contribution >= 4 is 46.8 Å². The lowest BCUT2D eigenvalue weighted by molar-refractivity contribution is 0.102. The van der Waals surface area contributed by atoms with Crippen molar-refractivity contribution in [2.75, 3.05) is 5.32 Å². The molecule has 2 nitrogen and oxygen atoms in total. The van der Waals surface area contributed by atoms with Crippen LogP contribution in [0.2, 0.25) is 0 Å². The van der Waals surface area contributed by atoms with Crippen LogP contribution in [0.25, 0.3) is 0 Å². The zero-order valence-corrected chi connectivity index (χ0v) is 11.9. The first-order valence-electron chi connectivity index (χ1n) is 5.02. The van der Waals surface area contributed by atoms with Gasteiger partial charge in [-0.25, -0.2) is 0 Å². The molecule has 17 heavy (non-hydrogen) atoms. The molecule has 1 N–H and O–H groups in total. The Morgan fingerprint density at radius 3 is 2.59 bits per heavy atom. The van der Waals surface area contributed by atoms with Crippen LogP contribution in [-0.2, 0) is 0 Å². The quantitative estimate of drug-likeness (QED) is 0.622. The van der Waals surface area contributed by atoms with Gasteiger partial charge in [-0.15, -0.1) is 12.6 Å². The largest absolute Gasteiger partial charge is 0.322 e. The fourth-order valence-electron chi connectivity index (χ4n) is 1.43. The van der Waals surface area contributed by atoms with Crippen LogP contribution in [0, 0.1) is 3.57 Å². The maximum atomic E-state index is 12.0. The van der Waals surface area contributed by atoms with E-state index in [0.29, 0.717) is 10.5 Å². The highest BCUT2D eigenvalue weighted by Gasteiger charge is 2.08. The van der Waals surface area contributed by atoms with Gasteiger partial charge >= 0.3 is 0 Å². The van der Waals surface area contributed by atoms with Crippen LogP contribution in [0.1, 0.15) is 10.4 Å². The van der Waals surface area contributed by atoms with Crippen molar-refractivity contribution in [2.45, 2.75) is 4.90 Å². The Morgan fingerprint density at radius 1 is 1.12 bits per heavy atom. The number of halogens is 1. The van der Waals surface area contributed by atoms with E-state index in [-0.39, 0.29) is 5.91 Å². The second-order valence-corrected chi connectivity index (χ2v) is 5.21. The van der Waals surface area contributed by atoms with Crippen LogP contribution >= 0.6 is 35.2 Å². The fraction of sp³-hybridized carbons (Fsp3) is 0. The van der Waals surface area contributed by atoms with E-state index in [4.69, 9.17) is 0 Å². The summed E-state index contributed by atoms with van der Waals surface area (Å²) in [7, 11) is 0. The minimum Gasteiger partial charge on any atom is -0.322 e. The summed E-state index contributed by atoms with van der Waals surface area (Å²) in [5, 5.41) is 2.85. The summed E-state index contributed by atoms with van der Waals surface area (Å²) < 4.78 is 1.08. The Labute approximate surface area is 119 Å². The maximum Gasteiger partial charge on any atom is 0.256 e. The molecule has 86 valence electrons. The summed E-state index contributed by atoms with van der Waals surface area (Å²) in [6, 6.07) is 14.9. The number of nitrogens with one attached hydrogen (secondary N) is 1. The molecule has 0 unspecified atom stereocenters. The lowest BCUT2D eigenvalue weighted by Crippen LogP contribution is -2.12. The maximum absolute atomic E-state index is 12.0. The number of carbonyl (C=O) groups excluding carboxylic acids is 1. The van der Waals surface area contributed by atoms with Crippen LogP contribution in [-0.4, -0.2) is 5.91 Å². The van der Waals surface area contributed by atoms with E-state index < -0.39 is 0 Å². The Hall–Kier alpha value is -1.01. The molecule has 4 heteroatoms. The van der Waals surface area contributed by atoms with Crippen molar-refractivity contribution in [2.24, 2.45) is 0 Å². The number of anilines is 1. The van der Waals surface area contributed by atoms with E-state index in [9.17, 15) is 4.79 Å². The van der Waals surface area contributed by atoms with E-state index in [1.54, 1.807) is 12.1 Å². The van der Waals surface area contributed by atoms with E-state index >= 15 is 0 Å². The molecule has 0 saturated heterocycles. The lowest BCUT2D eigenvalue weighted by atomic mass is 10.2. The average molecular weight is 355 g/mol. The molecule has 2 aromatic rings. The van der Waals surface area contributed by atoms with Gasteiger partial charge in [0.05, 0.1) is 5.56 Å². The fourth-order valence-corrected chi connectivity index (χ4v) is 2.24. The topological polar surface area (TPSA) is 29.1 Å². The molecule has 0 aliphatic rings. The number of thiol groups is 1. The number of carbonyl (C=O) groups is 1. The van der Waals surface area contributed by atoms with Gasteiger partial charge in [0.1, 0.15) is 0 Å². The van der Waals surface area contributed by atoms with Crippen molar-refractivity contribution in [1.29, 1.82) is 0 Å². The molecule has 0 saturated carbocycles. The van der Waals surface area contributed by atoms with Gasteiger partial charge in [0, 0.05) is 14.2 Å². The average Bonchev–Trinajstić information content (AvgIpc) is 2.29. The molecular formula is C13H10INOS. The molecule has 2 aromatic carbocycles. The van der Waals surface area contributed by atoms with E-state index in [2.05, 4.69) is 40.5 Å². The third-order valence-corrected chi connectivity index (χ3v) is 3.29. The summed E-state index contributed by atoms with van der Waals surface area (Å²) in [5.74, 6) is -0.141. The number of hydrogen-bond acceptors (Lipinski definition) is 2. The second kappa shape index (κ2) is 5.55. The zero-order valence-electron chi connectivity index (χ0n) is 8.85. The third-order valence-electron chi connectivity index (χ3n) is 2.23. The van der Waals surface area contributed by atoms with E-state index in [1.165, 1.54) is 0 Å². The smallest absolute Gasteiger partial charge is 0.256 e. The molecule has 0 radical (unpaired) electrons. The summed E-state index contributed by atoms with van der Waals surface area (Å²) in [6.45, 7) is 0. The normalized spacial score (nSPS) is 10.0. The summed E-state index contributed by atoms with van der Waals surface area (Å²) in [4.78, 5) is 12.7. The molecule has 0 aliphatic carbocycles. The third kappa shape index (κ3) is 3.23. The first-order valence-corrected chi connectivity index (χ1v) is 6.54. The standard InChI is InChI=1S/C13H10INOS/c14-9-4-3-5-10(8-9)15-13(16)11-6-1-2-7-12(11)17/h1-8,17H,(H,15,16). The van der Waals surface area contributed by atoms with Gasteiger partial charge in [-0.05, 0) is 52.9 Å². The molecular weight excluding hydrogens is 345 g/mol. The minimum atomic E-state index is -0.141. The van der Waals surface area contributed by atoms with E-state index in [1.807, 2.05) is 36.4 Å². The van der Waals surface area contributed by atoms with Crippen molar-refractivity contribution < 1.29 is 4.79 Å². The first kappa shape index (κ1) is 12.4. The van der Waals surface area contributed by atoms with Crippen LogP contribution in [0.15, 0.2) is 53.4 Å². The van der Waals surface area contributed by atoms with Crippen molar-refractivity contribution in [3.05, 3.63) is 57.7 Å². The van der Waals surface area contributed by atoms with Crippen LogP contribution < -0.4 is 5.32 Å². The van der Waals surface area contributed by atoms with Gasteiger partial charge in [0.2, 0.25) is 0 Å². The Morgan fingerprint density at radius 2 is 1.88 bits per heavy atom. The molecule has 0 heterocycles. The molecule has 0 aromatic heterocycles. The number of hydrogen-bond donors (Lipinski definition) is 2. The number of amides is 1. The van der Waals surface area contributed by atoms with E-state index in [0.717, 1.165) is 9.26 Å². The van der Waals surface area contributed by atoms with Crippen molar-refractivity contribution in [3.63, 3.8) is 0 Å². The monoisotopic (exact) mass is 355 g/mol. The molecule has 0 fully saturated rings. The molecule has 2 rings (SSSR count). The Balaban J connectivity index is 2.20. The highest BCUT2D eigenvalue weighted by atomic mass is 127. The Kier molecular flexibility index (Phi) is 4.06. The highest BCUT2D eigenvalue weighted by Crippen LogP contribution is 2.17. The second-order valence-electron chi connectivity index (χ2n) is 3.48. The van der Waals surface area contributed by atoms with Gasteiger partial charge in [-0.1, -0.05) is 18.2 Å². The van der Waals surface area contributed by atoms with Gasteiger partial charge in [-0.2, -0.15) is 0 Å². The molecule has 0 atom stereocenters. The van der Waals surface area contributed by atoms with Crippen LogP contribution in [0.4, 0.5) is 5.69 Å². The predicted molar refractivity (Wildman–Crippen MR) is 80.8 cm³/mol. The van der Waals surface area contributed by atoms with Crippen LogP contribution in [0.5, 0.6) is 0 Å². The molecule has 0 bridgehead atoms. The molecule has 1 amide bonds. The van der Waals surface area contributed by atoms with Crippen molar-refractivity contribution in [1.82, 2.24) is 0 Å². The van der Waals surface area contributed by atoms with Crippen LogP contribution in [0.3, 0.4) is 0 Å². The van der Waals surface area contributed by atoms with Crippen molar-refractivity contribution in [3.8, 4) is 0 Å². The predicted octanol–water partition coefficient (Wildman–Crippen LogP) is 3.83. The molecule has 0 spiro atoms. The van der Waals surface area contributed by atoms with Gasteiger partial charge < -0.3 is 5.32 Å². The molecule has 0 aliphatic heterocycles. The summed E-state index contributed by atoms with van der Waals surface area (Å²) >= 11 is 6.47. The summed E-state index contributed by atoms with van der Waals surface area (Å²) in [5.41, 5.74) is 1.37. The lowest BCUT2D eigenvalue weighted by Gasteiger charge is -2.07. The zero-order chi connectivity index (χ0) is 12.3. The van der Waals surface area contributed by atoms with Gasteiger partial charge in [0.15, 0.2) is 0 Å². The first-order chi connectivity index (χ1) is 8.16. The minimum absolute atomic E-state index is 0.141. The Bertz CT molecular complexity index is 557. The van der Waals surface area contributed by atoms with Gasteiger partial charge in [-0.3, -0.25) is 4.79 Å². The number of rotatable bonds is 2. The summed E-state index contributed by atoms with van der Waals surface area (Å²) in [6.07, 6.45) is 0.